The molecule has 7 nitrogen and oxygen atoms in total. The summed E-state index contributed by atoms with van der Waals surface area (Å²) in [5.41, 5.74) is -0.00174. The Kier molecular flexibility index (Phi) is 6.92. The zero-order valence-corrected chi connectivity index (χ0v) is 18.2. The minimum absolute atomic E-state index is 0.119. The average Bonchev–Trinajstić information content (AvgIpc) is 2.74. The summed E-state index contributed by atoms with van der Waals surface area (Å²) in [5, 5.41) is 2.79. The first-order chi connectivity index (χ1) is 14.8. The van der Waals surface area contributed by atoms with E-state index >= 15 is 0 Å². The molecule has 1 heterocycles. The van der Waals surface area contributed by atoms with Gasteiger partial charge in [-0.3, -0.25) is 14.2 Å². The number of nitrogens with zero attached hydrogens (tertiary/aromatic N) is 2. The second kappa shape index (κ2) is 9.45. The van der Waals surface area contributed by atoms with E-state index in [-0.39, 0.29) is 28.5 Å². The van der Waals surface area contributed by atoms with E-state index < -0.39 is 23.1 Å². The van der Waals surface area contributed by atoms with Gasteiger partial charge in [0.2, 0.25) is 5.91 Å². The SMILES string of the molecule is CC[C@H](C(=O)NCCOC)n1c(=O)n(-c2ccc(F)c(Cl)c2)c(=O)c2cc(C)ccc21. The number of methoxy groups -OCH3 is 1. The number of amides is 1. The predicted molar refractivity (Wildman–Crippen MR) is 118 cm³/mol. The molecule has 0 aliphatic rings. The van der Waals surface area contributed by atoms with Crippen LogP contribution in [0.5, 0.6) is 0 Å². The second-order valence-electron chi connectivity index (χ2n) is 7.12. The quantitative estimate of drug-likeness (QED) is 0.564. The van der Waals surface area contributed by atoms with Crippen molar-refractivity contribution in [3.05, 3.63) is 73.6 Å². The van der Waals surface area contributed by atoms with Crippen LogP contribution in [0.2, 0.25) is 5.02 Å². The number of aryl methyl sites for hydroxylation is 1. The molecule has 164 valence electrons. The molecule has 1 amide bonds. The van der Waals surface area contributed by atoms with Crippen LogP contribution >= 0.6 is 11.6 Å². The van der Waals surface area contributed by atoms with Gasteiger partial charge in [-0.2, -0.15) is 0 Å². The van der Waals surface area contributed by atoms with Gasteiger partial charge in [0.15, 0.2) is 0 Å². The first-order valence-electron chi connectivity index (χ1n) is 9.80. The Morgan fingerprint density at radius 1 is 1.23 bits per heavy atom. The van der Waals surface area contributed by atoms with Gasteiger partial charge in [-0.15, -0.1) is 0 Å². The lowest BCUT2D eigenvalue weighted by molar-refractivity contribution is -0.124. The highest BCUT2D eigenvalue weighted by molar-refractivity contribution is 6.30. The fourth-order valence-corrected chi connectivity index (χ4v) is 3.66. The maximum atomic E-state index is 13.7. The molecule has 0 fully saturated rings. The molecule has 0 aliphatic carbocycles. The number of hydrogen-bond donors (Lipinski definition) is 1. The summed E-state index contributed by atoms with van der Waals surface area (Å²) in [7, 11) is 1.52. The Morgan fingerprint density at radius 2 is 1.97 bits per heavy atom. The average molecular weight is 448 g/mol. The summed E-state index contributed by atoms with van der Waals surface area (Å²) in [6.45, 7) is 4.20. The van der Waals surface area contributed by atoms with Crippen molar-refractivity contribution in [1.82, 2.24) is 14.5 Å². The lowest BCUT2D eigenvalue weighted by atomic mass is 10.1. The van der Waals surface area contributed by atoms with E-state index in [4.69, 9.17) is 16.3 Å². The normalized spacial score (nSPS) is 12.2. The maximum absolute atomic E-state index is 13.7. The number of benzene rings is 2. The van der Waals surface area contributed by atoms with Gasteiger partial charge in [-0.25, -0.2) is 13.8 Å². The van der Waals surface area contributed by atoms with Crippen molar-refractivity contribution in [2.75, 3.05) is 20.3 Å². The second-order valence-corrected chi connectivity index (χ2v) is 7.53. The zero-order valence-electron chi connectivity index (χ0n) is 17.4. The first-order valence-corrected chi connectivity index (χ1v) is 10.2. The molecule has 0 saturated heterocycles. The van der Waals surface area contributed by atoms with Crippen molar-refractivity contribution in [1.29, 1.82) is 0 Å². The molecule has 0 aliphatic heterocycles. The summed E-state index contributed by atoms with van der Waals surface area (Å²) < 4.78 is 20.8. The number of ether oxygens (including phenoxy) is 1. The van der Waals surface area contributed by atoms with E-state index in [0.29, 0.717) is 18.5 Å². The highest BCUT2D eigenvalue weighted by Gasteiger charge is 2.25. The number of aromatic nitrogens is 2. The van der Waals surface area contributed by atoms with Gasteiger partial charge < -0.3 is 10.1 Å². The van der Waals surface area contributed by atoms with E-state index in [1.807, 2.05) is 6.92 Å². The number of fused-ring (bicyclic) bond motifs is 1. The van der Waals surface area contributed by atoms with Crippen LogP contribution in [0.4, 0.5) is 4.39 Å². The number of halogens is 2. The molecule has 1 aromatic heterocycles. The van der Waals surface area contributed by atoms with Crippen molar-refractivity contribution < 1.29 is 13.9 Å². The van der Waals surface area contributed by atoms with Crippen LogP contribution in [0.3, 0.4) is 0 Å². The molecule has 0 spiro atoms. The number of hydrogen-bond acceptors (Lipinski definition) is 4. The topological polar surface area (TPSA) is 82.3 Å². The third kappa shape index (κ3) is 4.40. The van der Waals surface area contributed by atoms with Crippen molar-refractivity contribution in [3.8, 4) is 5.69 Å². The standard InChI is InChI=1S/C22H23ClFN3O4/c1-4-18(20(28)25-9-10-31-3)27-19-8-5-13(2)11-15(19)21(29)26(22(27)30)14-6-7-17(24)16(23)12-14/h5-8,11-12,18H,4,9-10H2,1-3H3,(H,25,28)/t18-/m1/s1. The van der Waals surface area contributed by atoms with E-state index in [2.05, 4.69) is 5.32 Å². The Labute approximate surface area is 183 Å². The van der Waals surface area contributed by atoms with Crippen molar-refractivity contribution in [3.63, 3.8) is 0 Å². The van der Waals surface area contributed by atoms with Gasteiger partial charge in [0.25, 0.3) is 5.56 Å². The molecule has 3 rings (SSSR count). The fourth-order valence-electron chi connectivity index (χ4n) is 3.48. The van der Waals surface area contributed by atoms with Crippen molar-refractivity contribution in [2.24, 2.45) is 0 Å². The summed E-state index contributed by atoms with van der Waals surface area (Å²) in [6.07, 6.45) is 0.310. The van der Waals surface area contributed by atoms with Crippen LogP contribution in [-0.4, -0.2) is 35.3 Å². The van der Waals surface area contributed by atoms with Gasteiger partial charge in [0.1, 0.15) is 11.9 Å². The van der Waals surface area contributed by atoms with Crippen LogP contribution in [0.1, 0.15) is 24.9 Å². The number of carbonyl (C=O) groups excluding carboxylic acids is 1. The van der Waals surface area contributed by atoms with Gasteiger partial charge in [-0.1, -0.05) is 30.2 Å². The van der Waals surface area contributed by atoms with Crippen LogP contribution in [0.15, 0.2) is 46.0 Å². The van der Waals surface area contributed by atoms with Crippen LogP contribution in [0, 0.1) is 12.7 Å². The minimum atomic E-state index is -0.864. The number of rotatable bonds is 7. The monoisotopic (exact) mass is 447 g/mol. The molecular weight excluding hydrogens is 425 g/mol. The third-order valence-corrected chi connectivity index (χ3v) is 5.30. The molecular formula is C22H23ClFN3O4. The molecule has 1 N–H and O–H groups in total. The maximum Gasteiger partial charge on any atom is 0.336 e. The molecule has 1 atom stereocenters. The van der Waals surface area contributed by atoms with E-state index in [1.165, 1.54) is 23.8 Å². The number of nitrogens with one attached hydrogen (secondary N) is 1. The predicted octanol–water partition coefficient (Wildman–Crippen LogP) is 2.97. The van der Waals surface area contributed by atoms with Gasteiger partial charge in [0, 0.05) is 13.7 Å². The summed E-state index contributed by atoms with van der Waals surface area (Å²) in [5.74, 6) is -1.04. The van der Waals surface area contributed by atoms with Crippen LogP contribution < -0.4 is 16.6 Å². The highest BCUT2D eigenvalue weighted by Crippen LogP contribution is 2.21. The molecule has 0 radical (unpaired) electrons. The Balaban J connectivity index is 2.32. The van der Waals surface area contributed by atoms with Crippen molar-refractivity contribution >= 4 is 28.4 Å². The van der Waals surface area contributed by atoms with Crippen LogP contribution in [0.25, 0.3) is 16.6 Å². The lowest BCUT2D eigenvalue weighted by Gasteiger charge is -2.22. The zero-order chi connectivity index (χ0) is 22.7. The summed E-state index contributed by atoms with van der Waals surface area (Å²) in [4.78, 5) is 39.6. The van der Waals surface area contributed by atoms with E-state index in [0.717, 1.165) is 16.2 Å². The molecule has 0 bridgehead atoms. The van der Waals surface area contributed by atoms with Gasteiger partial charge >= 0.3 is 5.69 Å². The summed E-state index contributed by atoms with van der Waals surface area (Å²) in [6, 6.07) is 7.82. The smallest absolute Gasteiger partial charge is 0.336 e. The molecule has 9 heteroatoms. The fraction of sp³-hybridized carbons (Fsp3) is 0.318. The largest absolute Gasteiger partial charge is 0.383 e. The van der Waals surface area contributed by atoms with Gasteiger partial charge in [0.05, 0.1) is 28.2 Å². The first kappa shape index (κ1) is 22.7. The Bertz CT molecular complexity index is 1250. The summed E-state index contributed by atoms with van der Waals surface area (Å²) >= 11 is 5.89. The molecule has 31 heavy (non-hydrogen) atoms. The molecule has 3 aromatic rings. The molecule has 2 aromatic carbocycles. The van der Waals surface area contributed by atoms with E-state index in [9.17, 15) is 18.8 Å². The highest BCUT2D eigenvalue weighted by atomic mass is 35.5. The van der Waals surface area contributed by atoms with Crippen molar-refractivity contribution in [2.45, 2.75) is 26.3 Å². The molecule has 0 saturated carbocycles. The third-order valence-electron chi connectivity index (χ3n) is 5.01. The molecule has 0 unspecified atom stereocenters. The van der Waals surface area contributed by atoms with E-state index in [1.54, 1.807) is 25.1 Å². The Morgan fingerprint density at radius 3 is 2.61 bits per heavy atom. The van der Waals surface area contributed by atoms with Gasteiger partial charge in [-0.05, 0) is 43.7 Å². The van der Waals surface area contributed by atoms with Crippen LogP contribution in [-0.2, 0) is 9.53 Å². The lowest BCUT2D eigenvalue weighted by Crippen LogP contribution is -2.44. The Hall–Kier alpha value is -2.97. The minimum Gasteiger partial charge on any atom is -0.383 e. The number of carbonyl (C=O) groups is 1.